The third kappa shape index (κ3) is 4.08. The Kier molecular flexibility index (Phi) is 5.58. The van der Waals surface area contributed by atoms with E-state index in [1.165, 1.54) is 18.5 Å². The molecule has 0 saturated carbocycles. The lowest BCUT2D eigenvalue weighted by atomic mass is 10.1. The van der Waals surface area contributed by atoms with E-state index in [1.807, 2.05) is 32.0 Å². The van der Waals surface area contributed by atoms with Gasteiger partial charge in [-0.2, -0.15) is 4.36 Å². The minimum absolute atomic E-state index is 0.318. The molecule has 0 radical (unpaired) electrons. The number of rotatable bonds is 6. The van der Waals surface area contributed by atoms with Gasteiger partial charge in [0.2, 0.25) is 0 Å². The number of hydrogen-bond donors (Lipinski definition) is 1. The molecule has 0 saturated heterocycles. The molecular weight excluding hydrogens is 401 g/mol. The third-order valence-electron chi connectivity index (χ3n) is 4.68. The number of aromatic nitrogens is 3. The first kappa shape index (κ1) is 19.8. The summed E-state index contributed by atoms with van der Waals surface area (Å²) >= 11 is 4.80. The zero-order valence-corrected chi connectivity index (χ0v) is 17.2. The highest BCUT2D eigenvalue weighted by molar-refractivity contribution is 7.47. The molecule has 1 N–H and O–H groups in total. The Labute approximate surface area is 178 Å². The van der Waals surface area contributed by atoms with E-state index in [9.17, 15) is 4.39 Å². The Morgan fingerprint density at radius 3 is 2.80 bits per heavy atom. The van der Waals surface area contributed by atoms with Crippen LogP contribution in [0.25, 0.3) is 10.9 Å². The maximum absolute atomic E-state index is 14.0. The van der Waals surface area contributed by atoms with Crippen molar-refractivity contribution < 1.29 is 9.13 Å². The van der Waals surface area contributed by atoms with Crippen molar-refractivity contribution in [2.45, 2.75) is 20.0 Å². The summed E-state index contributed by atoms with van der Waals surface area (Å²) in [4.78, 5) is 12.8. The van der Waals surface area contributed by atoms with Crippen molar-refractivity contribution >= 4 is 40.5 Å². The fraction of sp³-hybridized carbons (Fsp3) is 0.136. The van der Waals surface area contributed by atoms with E-state index in [4.69, 9.17) is 17.2 Å². The Hall–Kier alpha value is -3.52. The van der Waals surface area contributed by atoms with E-state index in [0.29, 0.717) is 28.5 Å². The van der Waals surface area contributed by atoms with E-state index in [-0.39, 0.29) is 6.10 Å². The van der Waals surface area contributed by atoms with Gasteiger partial charge in [0.15, 0.2) is 0 Å². The number of halogens is 1. The molecule has 2 heterocycles. The SMILES string of the molecule is Cc1cc(N=S)cc2ncnc(Nc3ccc(F)cc3OC(C)c3cccnc3)c12. The molecule has 6 nitrogen and oxygen atoms in total. The highest BCUT2D eigenvalue weighted by Crippen LogP contribution is 2.35. The van der Waals surface area contributed by atoms with Crippen molar-refractivity contribution in [1.82, 2.24) is 15.0 Å². The summed E-state index contributed by atoms with van der Waals surface area (Å²) in [5.41, 5.74) is 3.77. The molecule has 2 aromatic carbocycles. The quantitative estimate of drug-likeness (QED) is 0.431. The molecule has 8 heteroatoms. The predicted molar refractivity (Wildman–Crippen MR) is 117 cm³/mol. The summed E-state index contributed by atoms with van der Waals surface area (Å²) in [7, 11) is 0. The number of nitrogens with one attached hydrogen (secondary N) is 1. The molecular formula is C22H18FN5OS. The van der Waals surface area contributed by atoms with Crippen LogP contribution in [0.1, 0.15) is 24.2 Å². The summed E-state index contributed by atoms with van der Waals surface area (Å²) in [5, 5.41) is 4.09. The maximum atomic E-state index is 14.0. The number of aryl methyl sites for hydroxylation is 1. The minimum Gasteiger partial charge on any atom is -0.484 e. The summed E-state index contributed by atoms with van der Waals surface area (Å²) < 4.78 is 23.8. The van der Waals surface area contributed by atoms with E-state index in [1.54, 1.807) is 24.5 Å². The largest absolute Gasteiger partial charge is 0.484 e. The maximum Gasteiger partial charge on any atom is 0.146 e. The number of anilines is 2. The first-order chi connectivity index (χ1) is 14.5. The summed E-state index contributed by atoms with van der Waals surface area (Å²) in [6.07, 6.45) is 4.55. The number of pyridine rings is 1. The number of hydrogen-bond acceptors (Lipinski definition) is 7. The van der Waals surface area contributed by atoms with E-state index in [0.717, 1.165) is 16.5 Å². The van der Waals surface area contributed by atoms with Gasteiger partial charge in [-0.3, -0.25) is 4.98 Å². The first-order valence-electron chi connectivity index (χ1n) is 9.27. The van der Waals surface area contributed by atoms with E-state index >= 15 is 0 Å². The van der Waals surface area contributed by atoms with Gasteiger partial charge in [0, 0.05) is 41.8 Å². The summed E-state index contributed by atoms with van der Waals surface area (Å²) in [6.45, 7) is 3.82. The van der Waals surface area contributed by atoms with Crippen molar-refractivity contribution in [3.63, 3.8) is 0 Å². The van der Waals surface area contributed by atoms with Gasteiger partial charge in [0.1, 0.15) is 29.8 Å². The highest BCUT2D eigenvalue weighted by Gasteiger charge is 2.15. The van der Waals surface area contributed by atoms with Crippen molar-refractivity contribution in [3.05, 3.63) is 78.1 Å². The Bertz CT molecular complexity index is 1220. The molecule has 0 spiro atoms. The molecule has 0 aliphatic rings. The minimum atomic E-state index is -0.394. The van der Waals surface area contributed by atoms with Crippen LogP contribution in [0.5, 0.6) is 5.75 Å². The second-order valence-electron chi connectivity index (χ2n) is 6.78. The molecule has 150 valence electrons. The van der Waals surface area contributed by atoms with Gasteiger partial charge in [-0.1, -0.05) is 6.07 Å². The number of nitrogens with zero attached hydrogens (tertiary/aromatic N) is 4. The van der Waals surface area contributed by atoms with Crippen LogP contribution in [-0.4, -0.2) is 15.0 Å². The van der Waals surface area contributed by atoms with Gasteiger partial charge >= 0.3 is 0 Å². The lowest BCUT2D eigenvalue weighted by Crippen LogP contribution is -2.06. The number of benzene rings is 2. The third-order valence-corrected chi connectivity index (χ3v) is 4.89. The number of fused-ring (bicyclic) bond motifs is 1. The second-order valence-corrected chi connectivity index (χ2v) is 6.96. The summed E-state index contributed by atoms with van der Waals surface area (Å²) in [6, 6.07) is 11.8. The smallest absolute Gasteiger partial charge is 0.146 e. The molecule has 0 amide bonds. The molecule has 0 aliphatic heterocycles. The monoisotopic (exact) mass is 419 g/mol. The zero-order chi connectivity index (χ0) is 21.1. The molecule has 1 atom stereocenters. The molecule has 1 unspecified atom stereocenters. The molecule has 4 rings (SSSR count). The van der Waals surface area contributed by atoms with Crippen LogP contribution in [0.15, 0.2) is 65.5 Å². The highest BCUT2D eigenvalue weighted by atomic mass is 32.1. The van der Waals surface area contributed by atoms with E-state index in [2.05, 4.69) is 24.6 Å². The molecule has 0 bridgehead atoms. The topological polar surface area (TPSA) is 72.3 Å². The van der Waals surface area contributed by atoms with Gasteiger partial charge in [-0.25, -0.2) is 14.4 Å². The van der Waals surface area contributed by atoms with Gasteiger partial charge in [-0.15, -0.1) is 0 Å². The lowest BCUT2D eigenvalue weighted by Gasteiger charge is -2.19. The van der Waals surface area contributed by atoms with Gasteiger partial charge in [0.05, 0.1) is 16.9 Å². The van der Waals surface area contributed by atoms with Crippen LogP contribution >= 0.6 is 0 Å². The van der Waals surface area contributed by atoms with Crippen LogP contribution in [0, 0.1) is 12.7 Å². The standard InChI is InChI=1S/C22H18FN5OS/c1-13-8-17(28-30)10-19-21(13)22(26-12-25-19)27-18-6-5-16(23)9-20(18)29-14(2)15-4-3-7-24-11-15/h3-12,14H,1-2H3,(H,25,26,27). The molecule has 2 aromatic heterocycles. The summed E-state index contributed by atoms with van der Waals surface area (Å²) in [5.74, 6) is 0.557. The van der Waals surface area contributed by atoms with Crippen LogP contribution in [0.4, 0.5) is 21.6 Å². The fourth-order valence-electron chi connectivity index (χ4n) is 3.22. The van der Waals surface area contributed by atoms with Gasteiger partial charge in [0.25, 0.3) is 0 Å². The molecule has 0 aliphatic carbocycles. The fourth-order valence-corrected chi connectivity index (χ4v) is 3.33. The normalized spacial score (nSPS) is 11.8. The van der Waals surface area contributed by atoms with Gasteiger partial charge in [-0.05, 0) is 49.7 Å². The van der Waals surface area contributed by atoms with Crippen molar-refractivity contribution in [1.29, 1.82) is 0 Å². The number of ether oxygens (including phenoxy) is 1. The van der Waals surface area contributed by atoms with Crippen molar-refractivity contribution in [3.8, 4) is 5.75 Å². The second kappa shape index (κ2) is 8.46. The Morgan fingerprint density at radius 1 is 1.17 bits per heavy atom. The zero-order valence-electron chi connectivity index (χ0n) is 16.3. The Balaban J connectivity index is 1.71. The molecule has 0 fully saturated rings. The average molecular weight is 419 g/mol. The average Bonchev–Trinajstić information content (AvgIpc) is 2.76. The lowest BCUT2D eigenvalue weighted by molar-refractivity contribution is 0.227. The predicted octanol–water partition coefficient (Wildman–Crippen LogP) is 5.72. The molecule has 30 heavy (non-hydrogen) atoms. The van der Waals surface area contributed by atoms with Gasteiger partial charge < -0.3 is 10.1 Å². The van der Waals surface area contributed by atoms with Crippen molar-refractivity contribution in [2.24, 2.45) is 4.36 Å². The van der Waals surface area contributed by atoms with Crippen molar-refractivity contribution in [2.75, 3.05) is 5.32 Å². The first-order valence-corrected chi connectivity index (χ1v) is 9.63. The van der Waals surface area contributed by atoms with Crippen LogP contribution in [0.2, 0.25) is 0 Å². The Morgan fingerprint density at radius 2 is 2.03 bits per heavy atom. The van der Waals surface area contributed by atoms with E-state index < -0.39 is 5.82 Å². The van der Waals surface area contributed by atoms with Crippen LogP contribution in [0.3, 0.4) is 0 Å². The van der Waals surface area contributed by atoms with Crippen LogP contribution < -0.4 is 10.1 Å². The molecule has 4 aromatic rings. The van der Waals surface area contributed by atoms with Crippen LogP contribution in [-0.2, 0) is 12.4 Å².